The van der Waals surface area contributed by atoms with Crippen molar-refractivity contribution in [1.29, 1.82) is 0 Å². The summed E-state index contributed by atoms with van der Waals surface area (Å²) in [7, 11) is 0. The minimum absolute atomic E-state index is 0.266. The summed E-state index contributed by atoms with van der Waals surface area (Å²) < 4.78 is 10.7. The number of benzene rings is 2. The topological polar surface area (TPSA) is 64.6 Å². The van der Waals surface area contributed by atoms with Gasteiger partial charge in [0.2, 0.25) is 0 Å². The molecule has 0 unspecified atom stereocenters. The molecule has 2 rings (SSSR count). The molecule has 0 spiro atoms. The molecule has 1 amide bonds. The number of carbonyl (C=O) groups excluding carboxylic acids is 2. The first-order valence-corrected chi connectivity index (χ1v) is 9.42. The number of hydrogen-bond acceptors (Lipinski definition) is 4. The van der Waals surface area contributed by atoms with Gasteiger partial charge in [-0.05, 0) is 43.5 Å². The maximum Gasteiger partial charge on any atom is 0.331 e. The van der Waals surface area contributed by atoms with Crippen LogP contribution in [-0.4, -0.2) is 24.6 Å². The lowest BCUT2D eigenvalue weighted by Crippen LogP contribution is -2.29. The molecule has 0 bridgehead atoms. The summed E-state index contributed by atoms with van der Waals surface area (Å²) >= 11 is 0. The highest BCUT2D eigenvalue weighted by Gasteiger charge is 2.18. The van der Waals surface area contributed by atoms with Crippen molar-refractivity contribution < 1.29 is 19.1 Å². The average Bonchev–Trinajstić information content (AvgIpc) is 2.67. The van der Waals surface area contributed by atoms with E-state index in [2.05, 4.69) is 19.2 Å². The fraction of sp³-hybridized carbons (Fsp3) is 0.304. The standard InChI is InChI=1S/C23H27NO4/c1-5-27-21-13-9-6-10-18(21)14-15-22(25)28-17(4)23(26)24-20-12-8-7-11-19(20)16(2)3/h6-17H,5H2,1-4H3,(H,24,26)/b15-14+/t17-/m1/s1. The highest BCUT2D eigenvalue weighted by atomic mass is 16.5. The zero-order valence-corrected chi connectivity index (χ0v) is 16.8. The van der Waals surface area contributed by atoms with Crippen LogP contribution in [0.1, 0.15) is 44.7 Å². The van der Waals surface area contributed by atoms with Gasteiger partial charge in [-0.25, -0.2) is 4.79 Å². The van der Waals surface area contributed by atoms with Gasteiger partial charge in [-0.3, -0.25) is 4.79 Å². The van der Waals surface area contributed by atoms with Gasteiger partial charge in [0.05, 0.1) is 6.61 Å². The van der Waals surface area contributed by atoms with E-state index in [0.717, 1.165) is 16.8 Å². The quantitative estimate of drug-likeness (QED) is 0.527. The summed E-state index contributed by atoms with van der Waals surface area (Å²) in [4.78, 5) is 24.5. The summed E-state index contributed by atoms with van der Waals surface area (Å²) in [5, 5.41) is 2.84. The van der Waals surface area contributed by atoms with Crippen LogP contribution in [0.5, 0.6) is 5.75 Å². The van der Waals surface area contributed by atoms with E-state index in [1.165, 1.54) is 6.08 Å². The van der Waals surface area contributed by atoms with Gasteiger partial charge in [-0.15, -0.1) is 0 Å². The molecule has 1 atom stereocenters. The molecule has 2 aromatic carbocycles. The Morgan fingerprint density at radius 3 is 2.43 bits per heavy atom. The van der Waals surface area contributed by atoms with Crippen LogP contribution in [0.3, 0.4) is 0 Å². The second kappa shape index (κ2) is 10.3. The summed E-state index contributed by atoms with van der Waals surface area (Å²) in [6.07, 6.45) is 2.00. The number of carbonyl (C=O) groups is 2. The Labute approximate surface area is 166 Å². The summed E-state index contributed by atoms with van der Waals surface area (Å²) in [6.45, 7) is 8.09. The fourth-order valence-corrected chi connectivity index (χ4v) is 2.68. The Bertz CT molecular complexity index is 842. The van der Waals surface area contributed by atoms with Crippen molar-refractivity contribution in [2.45, 2.75) is 39.7 Å². The monoisotopic (exact) mass is 381 g/mol. The minimum atomic E-state index is -0.917. The van der Waals surface area contributed by atoms with Crippen molar-refractivity contribution in [2.24, 2.45) is 0 Å². The zero-order chi connectivity index (χ0) is 20.5. The van der Waals surface area contributed by atoms with Crippen LogP contribution in [0, 0.1) is 0 Å². The highest BCUT2D eigenvalue weighted by Crippen LogP contribution is 2.24. The van der Waals surface area contributed by atoms with Crippen molar-refractivity contribution in [3.63, 3.8) is 0 Å². The molecule has 1 N–H and O–H groups in total. The second-order valence-corrected chi connectivity index (χ2v) is 6.61. The highest BCUT2D eigenvalue weighted by molar-refractivity contribution is 5.97. The van der Waals surface area contributed by atoms with Gasteiger partial charge in [0.25, 0.3) is 5.91 Å². The van der Waals surface area contributed by atoms with E-state index in [-0.39, 0.29) is 11.8 Å². The molecule has 0 saturated carbocycles. The van der Waals surface area contributed by atoms with Gasteiger partial charge in [-0.1, -0.05) is 50.2 Å². The van der Waals surface area contributed by atoms with Crippen LogP contribution < -0.4 is 10.1 Å². The van der Waals surface area contributed by atoms with Gasteiger partial charge in [0.1, 0.15) is 5.75 Å². The van der Waals surface area contributed by atoms with Crippen LogP contribution >= 0.6 is 0 Å². The van der Waals surface area contributed by atoms with Crippen LogP contribution in [-0.2, 0) is 14.3 Å². The Morgan fingerprint density at radius 2 is 1.71 bits per heavy atom. The number of esters is 1. The predicted molar refractivity (Wildman–Crippen MR) is 111 cm³/mol. The molecule has 148 valence electrons. The zero-order valence-electron chi connectivity index (χ0n) is 16.8. The molecule has 5 nitrogen and oxygen atoms in total. The van der Waals surface area contributed by atoms with Crippen molar-refractivity contribution in [3.8, 4) is 5.75 Å². The Hall–Kier alpha value is -3.08. The van der Waals surface area contributed by atoms with Crippen LogP contribution in [0.2, 0.25) is 0 Å². The molecule has 0 saturated heterocycles. The van der Waals surface area contributed by atoms with Crippen LogP contribution in [0.25, 0.3) is 6.08 Å². The molecule has 0 radical (unpaired) electrons. The summed E-state index contributed by atoms with van der Waals surface area (Å²) in [6, 6.07) is 15.0. The van der Waals surface area contributed by atoms with Crippen LogP contribution in [0.15, 0.2) is 54.6 Å². The van der Waals surface area contributed by atoms with Crippen molar-refractivity contribution in [2.75, 3.05) is 11.9 Å². The minimum Gasteiger partial charge on any atom is -0.493 e. The second-order valence-electron chi connectivity index (χ2n) is 6.61. The third-order valence-corrected chi connectivity index (χ3v) is 4.12. The molecular formula is C23H27NO4. The molecule has 28 heavy (non-hydrogen) atoms. The fourth-order valence-electron chi connectivity index (χ4n) is 2.68. The third-order valence-electron chi connectivity index (χ3n) is 4.12. The lowest BCUT2D eigenvalue weighted by Gasteiger charge is -2.16. The predicted octanol–water partition coefficient (Wildman–Crippen LogP) is 4.79. The van der Waals surface area contributed by atoms with Gasteiger partial charge < -0.3 is 14.8 Å². The number of rotatable bonds is 8. The van der Waals surface area contributed by atoms with Gasteiger partial charge in [0.15, 0.2) is 6.10 Å². The largest absolute Gasteiger partial charge is 0.493 e. The molecule has 0 heterocycles. The van der Waals surface area contributed by atoms with Gasteiger partial charge in [0, 0.05) is 17.3 Å². The normalized spacial score (nSPS) is 12.0. The molecule has 0 fully saturated rings. The van der Waals surface area contributed by atoms with E-state index in [4.69, 9.17) is 9.47 Å². The van der Waals surface area contributed by atoms with E-state index in [0.29, 0.717) is 12.4 Å². The summed E-state index contributed by atoms with van der Waals surface area (Å²) in [5.74, 6) is -0.0107. The summed E-state index contributed by atoms with van der Waals surface area (Å²) in [5.41, 5.74) is 2.53. The molecule has 0 aliphatic carbocycles. The number of nitrogens with one attached hydrogen (secondary N) is 1. The molecule has 2 aromatic rings. The maximum absolute atomic E-state index is 12.4. The van der Waals surface area contributed by atoms with Gasteiger partial charge >= 0.3 is 5.97 Å². The third kappa shape index (κ3) is 5.98. The maximum atomic E-state index is 12.4. The molecule has 0 aliphatic heterocycles. The van der Waals surface area contributed by atoms with E-state index in [1.807, 2.05) is 55.5 Å². The van der Waals surface area contributed by atoms with Crippen LogP contribution in [0.4, 0.5) is 5.69 Å². The first kappa shape index (κ1) is 21.2. The average molecular weight is 381 g/mol. The number of ether oxygens (including phenoxy) is 2. The number of amides is 1. The molecule has 0 aliphatic rings. The van der Waals surface area contributed by atoms with Crippen molar-refractivity contribution >= 4 is 23.6 Å². The Kier molecular flexibility index (Phi) is 7.81. The van der Waals surface area contributed by atoms with Crippen molar-refractivity contribution in [1.82, 2.24) is 0 Å². The molecule has 5 heteroatoms. The van der Waals surface area contributed by atoms with Gasteiger partial charge in [-0.2, -0.15) is 0 Å². The van der Waals surface area contributed by atoms with E-state index >= 15 is 0 Å². The molecule has 0 aromatic heterocycles. The lowest BCUT2D eigenvalue weighted by molar-refractivity contribution is -0.148. The molecular weight excluding hydrogens is 354 g/mol. The lowest BCUT2D eigenvalue weighted by atomic mass is 10.0. The van der Waals surface area contributed by atoms with E-state index in [1.54, 1.807) is 13.0 Å². The number of anilines is 1. The van der Waals surface area contributed by atoms with E-state index in [9.17, 15) is 9.59 Å². The number of hydrogen-bond donors (Lipinski definition) is 1. The SMILES string of the molecule is CCOc1ccccc1/C=C/C(=O)O[C@H](C)C(=O)Nc1ccccc1C(C)C. The first-order valence-electron chi connectivity index (χ1n) is 9.42. The Morgan fingerprint density at radius 1 is 1.04 bits per heavy atom. The Balaban J connectivity index is 1.98. The van der Waals surface area contributed by atoms with Crippen molar-refractivity contribution in [3.05, 3.63) is 65.7 Å². The smallest absolute Gasteiger partial charge is 0.331 e. The van der Waals surface area contributed by atoms with E-state index < -0.39 is 12.1 Å². The first-order chi connectivity index (χ1) is 13.4. The number of para-hydroxylation sites is 2.